The van der Waals surface area contributed by atoms with E-state index in [9.17, 15) is 4.79 Å². The Labute approximate surface area is 115 Å². The van der Waals surface area contributed by atoms with Crippen molar-refractivity contribution >= 4 is 11.7 Å². The van der Waals surface area contributed by atoms with Gasteiger partial charge in [-0.1, -0.05) is 45.9 Å². The Morgan fingerprint density at radius 1 is 1.42 bits per heavy atom. The largest absolute Gasteiger partial charge is 0.459 e. The Hall–Kier alpha value is -1.82. The molecular formula is C16H21NO2. The molecule has 3 heteroatoms. The summed E-state index contributed by atoms with van der Waals surface area (Å²) in [5.41, 5.74) is 1.80. The second-order valence-electron chi connectivity index (χ2n) is 5.72. The molecule has 0 aliphatic heterocycles. The van der Waals surface area contributed by atoms with Crippen molar-refractivity contribution in [3.05, 3.63) is 40.7 Å². The molecule has 0 heterocycles. The molecule has 0 aromatic heterocycles. The van der Waals surface area contributed by atoms with Gasteiger partial charge in [0, 0.05) is 0 Å². The lowest BCUT2D eigenvalue weighted by Gasteiger charge is -2.21. The lowest BCUT2D eigenvalue weighted by Crippen LogP contribution is -2.16. The second kappa shape index (κ2) is 5.88. The Morgan fingerprint density at radius 2 is 2.05 bits per heavy atom. The summed E-state index contributed by atoms with van der Waals surface area (Å²) in [7, 11) is 0. The first-order valence-electron chi connectivity index (χ1n) is 6.52. The highest BCUT2D eigenvalue weighted by Crippen LogP contribution is 2.32. The Bertz CT molecular complexity index is 506. The van der Waals surface area contributed by atoms with Gasteiger partial charge >= 0.3 is 5.97 Å². The number of ether oxygens (including phenoxy) is 1. The van der Waals surface area contributed by atoms with Crippen molar-refractivity contribution in [2.24, 2.45) is 0 Å². The highest BCUT2D eigenvalue weighted by molar-refractivity contribution is 5.90. The van der Waals surface area contributed by atoms with Gasteiger partial charge in [0.05, 0.1) is 18.2 Å². The van der Waals surface area contributed by atoms with E-state index in [2.05, 4.69) is 4.85 Å². The minimum Gasteiger partial charge on any atom is -0.459 e. The average molecular weight is 259 g/mol. The fourth-order valence-corrected chi connectivity index (χ4v) is 1.70. The van der Waals surface area contributed by atoms with E-state index in [0.29, 0.717) is 11.3 Å². The molecule has 0 spiro atoms. The number of carbonyl (C=O) groups excluding carboxylic acids is 1. The molecule has 19 heavy (non-hydrogen) atoms. The highest BCUT2D eigenvalue weighted by Gasteiger charge is 2.21. The number of esters is 1. The number of hydrogen-bond donors (Lipinski definition) is 0. The van der Waals surface area contributed by atoms with Crippen LogP contribution >= 0.6 is 0 Å². The molecule has 102 valence electrons. The third-order valence-corrected chi connectivity index (χ3v) is 3.04. The van der Waals surface area contributed by atoms with E-state index in [1.165, 1.54) is 0 Å². The fourth-order valence-electron chi connectivity index (χ4n) is 1.70. The number of carbonyl (C=O) groups is 1. The van der Waals surface area contributed by atoms with E-state index in [-0.39, 0.29) is 17.5 Å². The molecule has 0 saturated carbocycles. The predicted octanol–water partition coefficient (Wildman–Crippen LogP) is 4.49. The highest BCUT2D eigenvalue weighted by atomic mass is 16.5. The van der Waals surface area contributed by atoms with Crippen LogP contribution in [0, 0.1) is 6.57 Å². The normalized spacial score (nSPS) is 12.6. The minimum atomic E-state index is -0.323. The summed E-state index contributed by atoms with van der Waals surface area (Å²) in [4.78, 5) is 15.5. The van der Waals surface area contributed by atoms with Gasteiger partial charge in [0.25, 0.3) is 0 Å². The Kier molecular flexibility index (Phi) is 4.72. The number of benzene rings is 1. The van der Waals surface area contributed by atoms with Gasteiger partial charge in [0.1, 0.15) is 0 Å². The lowest BCUT2D eigenvalue weighted by atomic mass is 9.85. The zero-order valence-electron chi connectivity index (χ0n) is 12.3. The van der Waals surface area contributed by atoms with Crippen molar-refractivity contribution in [3.63, 3.8) is 0 Å². The number of hydrogen-bond acceptors (Lipinski definition) is 2. The van der Waals surface area contributed by atoms with Crippen molar-refractivity contribution in [1.82, 2.24) is 0 Å². The zero-order valence-corrected chi connectivity index (χ0v) is 12.3. The van der Waals surface area contributed by atoms with Crippen molar-refractivity contribution in [1.29, 1.82) is 0 Å². The van der Waals surface area contributed by atoms with Crippen LogP contribution in [0.1, 0.15) is 57.0 Å². The van der Waals surface area contributed by atoms with Gasteiger partial charge in [-0.25, -0.2) is 9.64 Å². The topological polar surface area (TPSA) is 30.7 Å². The molecule has 0 aliphatic carbocycles. The molecule has 0 aliphatic rings. The predicted molar refractivity (Wildman–Crippen MR) is 76.6 cm³/mol. The molecule has 1 rings (SSSR count). The van der Waals surface area contributed by atoms with Crippen LogP contribution in [0.3, 0.4) is 0 Å². The summed E-state index contributed by atoms with van der Waals surface area (Å²) in [5, 5.41) is 0. The van der Waals surface area contributed by atoms with Gasteiger partial charge < -0.3 is 4.74 Å². The van der Waals surface area contributed by atoms with E-state index in [0.717, 1.165) is 12.0 Å². The molecule has 3 nitrogen and oxygen atoms in total. The Morgan fingerprint density at radius 3 is 2.53 bits per heavy atom. The first-order valence-corrected chi connectivity index (χ1v) is 6.52. The molecule has 1 atom stereocenters. The SMILES string of the molecule is [C-]#[N+]c1ccc(C(=O)O[C@@H](C)CC)cc1C(C)(C)C. The number of rotatable bonds is 3. The zero-order chi connectivity index (χ0) is 14.6. The summed E-state index contributed by atoms with van der Waals surface area (Å²) in [6.07, 6.45) is 0.698. The summed E-state index contributed by atoms with van der Waals surface area (Å²) < 4.78 is 5.31. The van der Waals surface area contributed by atoms with Crippen LogP contribution in [0.5, 0.6) is 0 Å². The van der Waals surface area contributed by atoms with E-state index in [1.54, 1.807) is 18.2 Å². The lowest BCUT2D eigenvalue weighted by molar-refractivity contribution is 0.0334. The molecule has 0 radical (unpaired) electrons. The molecule has 0 bridgehead atoms. The van der Waals surface area contributed by atoms with Crippen LogP contribution in [0.4, 0.5) is 5.69 Å². The molecular weight excluding hydrogens is 238 g/mol. The summed E-state index contributed by atoms with van der Waals surface area (Å²) in [6.45, 7) is 17.1. The van der Waals surface area contributed by atoms with Crippen molar-refractivity contribution in [2.75, 3.05) is 0 Å². The van der Waals surface area contributed by atoms with E-state index in [4.69, 9.17) is 11.3 Å². The first-order chi connectivity index (χ1) is 8.79. The molecule has 0 saturated heterocycles. The molecule has 0 amide bonds. The smallest absolute Gasteiger partial charge is 0.338 e. The summed E-state index contributed by atoms with van der Waals surface area (Å²) in [5.74, 6) is -0.323. The van der Waals surface area contributed by atoms with Crippen molar-refractivity contribution in [3.8, 4) is 0 Å². The molecule has 1 aromatic rings. The number of nitrogens with zero attached hydrogens (tertiary/aromatic N) is 1. The Balaban J connectivity index is 3.13. The summed E-state index contributed by atoms with van der Waals surface area (Å²) >= 11 is 0. The quantitative estimate of drug-likeness (QED) is 0.591. The van der Waals surface area contributed by atoms with Crippen LogP contribution in [-0.2, 0) is 10.2 Å². The fraction of sp³-hybridized carbons (Fsp3) is 0.500. The van der Waals surface area contributed by atoms with E-state index >= 15 is 0 Å². The molecule has 0 N–H and O–H groups in total. The maximum Gasteiger partial charge on any atom is 0.338 e. The molecule has 1 aromatic carbocycles. The third kappa shape index (κ3) is 3.82. The van der Waals surface area contributed by atoms with Gasteiger partial charge in [0.2, 0.25) is 0 Å². The van der Waals surface area contributed by atoms with Crippen LogP contribution in [0.15, 0.2) is 18.2 Å². The van der Waals surface area contributed by atoms with Gasteiger partial charge in [0.15, 0.2) is 5.69 Å². The average Bonchev–Trinajstić information content (AvgIpc) is 2.36. The van der Waals surface area contributed by atoms with Crippen LogP contribution in [0.25, 0.3) is 4.85 Å². The maximum atomic E-state index is 12.0. The van der Waals surface area contributed by atoms with Gasteiger partial charge in [-0.15, -0.1) is 0 Å². The maximum absolute atomic E-state index is 12.0. The summed E-state index contributed by atoms with van der Waals surface area (Å²) in [6, 6.07) is 5.13. The van der Waals surface area contributed by atoms with Gasteiger partial charge in [-0.05, 0) is 24.3 Å². The van der Waals surface area contributed by atoms with Crippen LogP contribution < -0.4 is 0 Å². The minimum absolute atomic E-state index is 0.0916. The monoisotopic (exact) mass is 259 g/mol. The van der Waals surface area contributed by atoms with Gasteiger partial charge in [-0.2, -0.15) is 0 Å². The first kappa shape index (κ1) is 15.2. The van der Waals surface area contributed by atoms with Crippen LogP contribution in [0.2, 0.25) is 0 Å². The molecule has 0 fully saturated rings. The van der Waals surface area contributed by atoms with Crippen LogP contribution in [-0.4, -0.2) is 12.1 Å². The molecule has 0 unspecified atom stereocenters. The second-order valence-corrected chi connectivity index (χ2v) is 5.72. The van der Waals surface area contributed by atoms with E-state index < -0.39 is 0 Å². The standard InChI is InChI=1S/C16H21NO2/c1-7-11(2)19-15(18)12-8-9-14(17-6)13(10-12)16(3,4)5/h8-11H,7H2,1-5H3/t11-/m0/s1. The van der Waals surface area contributed by atoms with E-state index in [1.807, 2.05) is 34.6 Å². The third-order valence-electron chi connectivity index (χ3n) is 3.04. The van der Waals surface area contributed by atoms with Crippen molar-refractivity contribution < 1.29 is 9.53 Å². The van der Waals surface area contributed by atoms with Gasteiger partial charge in [-0.3, -0.25) is 0 Å². The van der Waals surface area contributed by atoms with Crippen molar-refractivity contribution in [2.45, 2.75) is 52.6 Å².